The summed E-state index contributed by atoms with van der Waals surface area (Å²) in [5.74, 6) is 0. The van der Waals surface area contributed by atoms with E-state index in [2.05, 4.69) is 5.10 Å². The molecule has 0 N–H and O–H groups in total. The predicted molar refractivity (Wildman–Crippen MR) is 45.2 cm³/mol. The molecule has 0 radical (unpaired) electrons. The predicted octanol–water partition coefficient (Wildman–Crippen LogP) is 1.11. The topological polar surface area (TPSA) is 34.9 Å². The number of aryl methyl sites for hydroxylation is 2. The van der Waals surface area contributed by atoms with Crippen LogP contribution in [0.25, 0.3) is 0 Å². The van der Waals surface area contributed by atoms with Crippen molar-refractivity contribution in [2.24, 2.45) is 7.05 Å². The molecule has 1 aromatic heterocycles. The Bertz CT molecular complexity index is 315. The van der Waals surface area contributed by atoms with E-state index in [4.69, 9.17) is 0 Å². The molecule has 3 heteroatoms. The van der Waals surface area contributed by atoms with Crippen LogP contribution in [0.15, 0.2) is 0 Å². The number of nitrogens with zero attached hydrogens (tertiary/aromatic N) is 2. The van der Waals surface area contributed by atoms with Gasteiger partial charge in [0.2, 0.25) is 0 Å². The fourth-order valence-electron chi connectivity index (χ4n) is 1.85. The molecular formula is C9H12N2O. The van der Waals surface area contributed by atoms with Crippen LogP contribution in [0.2, 0.25) is 0 Å². The second-order valence-electron chi connectivity index (χ2n) is 3.26. The Hall–Kier alpha value is -1.12. The van der Waals surface area contributed by atoms with Crippen LogP contribution in [-0.2, 0) is 19.9 Å². The summed E-state index contributed by atoms with van der Waals surface area (Å²) in [4.78, 5) is 10.7. The van der Waals surface area contributed by atoms with Crippen molar-refractivity contribution in [3.05, 3.63) is 17.0 Å². The molecule has 0 fully saturated rings. The van der Waals surface area contributed by atoms with Crippen LogP contribution < -0.4 is 0 Å². The third-order valence-electron chi connectivity index (χ3n) is 2.48. The van der Waals surface area contributed by atoms with Gasteiger partial charge in [0.15, 0.2) is 6.29 Å². The van der Waals surface area contributed by atoms with Gasteiger partial charge in [-0.05, 0) is 25.7 Å². The summed E-state index contributed by atoms with van der Waals surface area (Å²) in [5, 5.41) is 4.31. The van der Waals surface area contributed by atoms with Crippen LogP contribution in [0.4, 0.5) is 0 Å². The molecular weight excluding hydrogens is 152 g/mol. The fourth-order valence-corrected chi connectivity index (χ4v) is 1.85. The van der Waals surface area contributed by atoms with Crippen LogP contribution in [0.1, 0.15) is 34.6 Å². The average Bonchev–Trinajstić information content (AvgIpc) is 2.40. The zero-order valence-electron chi connectivity index (χ0n) is 7.21. The molecule has 64 valence electrons. The minimum absolute atomic E-state index is 0.768. The lowest BCUT2D eigenvalue weighted by molar-refractivity contribution is 0.111. The SMILES string of the molecule is Cn1nc2c(c1C=O)CCCC2. The molecule has 0 spiro atoms. The maximum Gasteiger partial charge on any atom is 0.168 e. The van der Waals surface area contributed by atoms with Crippen molar-refractivity contribution in [1.29, 1.82) is 0 Å². The summed E-state index contributed by atoms with van der Waals surface area (Å²) in [7, 11) is 1.84. The highest BCUT2D eigenvalue weighted by Crippen LogP contribution is 2.22. The minimum Gasteiger partial charge on any atom is -0.296 e. The molecule has 0 saturated heterocycles. The molecule has 3 nitrogen and oxygen atoms in total. The summed E-state index contributed by atoms with van der Waals surface area (Å²) >= 11 is 0. The van der Waals surface area contributed by atoms with Gasteiger partial charge in [-0.3, -0.25) is 9.48 Å². The van der Waals surface area contributed by atoms with Crippen molar-refractivity contribution < 1.29 is 4.79 Å². The molecule has 12 heavy (non-hydrogen) atoms. The Morgan fingerprint density at radius 1 is 1.42 bits per heavy atom. The average molecular weight is 164 g/mol. The number of fused-ring (bicyclic) bond motifs is 1. The van der Waals surface area contributed by atoms with Crippen LogP contribution in [-0.4, -0.2) is 16.1 Å². The monoisotopic (exact) mass is 164 g/mol. The van der Waals surface area contributed by atoms with E-state index in [9.17, 15) is 4.79 Å². The van der Waals surface area contributed by atoms with Gasteiger partial charge in [-0.25, -0.2) is 0 Å². The fraction of sp³-hybridized carbons (Fsp3) is 0.556. The van der Waals surface area contributed by atoms with E-state index in [1.807, 2.05) is 7.05 Å². The molecule has 1 aromatic rings. The van der Waals surface area contributed by atoms with Gasteiger partial charge >= 0.3 is 0 Å². The van der Waals surface area contributed by atoms with Gasteiger partial charge in [-0.15, -0.1) is 0 Å². The lowest BCUT2D eigenvalue weighted by atomic mass is 9.96. The van der Waals surface area contributed by atoms with E-state index in [0.29, 0.717) is 0 Å². The molecule has 2 rings (SSSR count). The van der Waals surface area contributed by atoms with Gasteiger partial charge in [0.05, 0.1) is 5.69 Å². The second-order valence-corrected chi connectivity index (χ2v) is 3.26. The molecule has 0 amide bonds. The smallest absolute Gasteiger partial charge is 0.168 e. The molecule has 0 saturated carbocycles. The third kappa shape index (κ3) is 0.967. The van der Waals surface area contributed by atoms with Crippen molar-refractivity contribution in [2.75, 3.05) is 0 Å². The molecule has 0 aromatic carbocycles. The van der Waals surface area contributed by atoms with Crippen LogP contribution >= 0.6 is 0 Å². The number of aldehydes is 1. The van der Waals surface area contributed by atoms with E-state index < -0.39 is 0 Å². The first-order valence-corrected chi connectivity index (χ1v) is 4.33. The highest BCUT2D eigenvalue weighted by molar-refractivity contribution is 5.75. The summed E-state index contributed by atoms with van der Waals surface area (Å²) in [5.41, 5.74) is 3.08. The molecule has 1 aliphatic carbocycles. The van der Waals surface area contributed by atoms with Gasteiger partial charge in [0.1, 0.15) is 5.69 Å². The molecule has 0 unspecified atom stereocenters. The third-order valence-corrected chi connectivity index (χ3v) is 2.48. The Labute approximate surface area is 71.4 Å². The van der Waals surface area contributed by atoms with Crippen molar-refractivity contribution in [2.45, 2.75) is 25.7 Å². The first kappa shape index (κ1) is 7.53. The van der Waals surface area contributed by atoms with E-state index in [0.717, 1.165) is 30.5 Å². The van der Waals surface area contributed by atoms with Gasteiger partial charge in [0, 0.05) is 12.6 Å². The molecule has 0 aliphatic heterocycles. The Morgan fingerprint density at radius 2 is 2.17 bits per heavy atom. The molecule has 0 atom stereocenters. The van der Waals surface area contributed by atoms with E-state index in [1.165, 1.54) is 18.4 Å². The number of carbonyl (C=O) groups is 1. The summed E-state index contributed by atoms with van der Waals surface area (Å²) in [6.45, 7) is 0. The lowest BCUT2D eigenvalue weighted by Gasteiger charge is -2.08. The molecule has 1 heterocycles. The summed E-state index contributed by atoms with van der Waals surface area (Å²) in [6, 6.07) is 0. The van der Waals surface area contributed by atoms with E-state index >= 15 is 0 Å². The molecule has 0 bridgehead atoms. The van der Waals surface area contributed by atoms with E-state index in [1.54, 1.807) is 4.68 Å². The standard InChI is InChI=1S/C9H12N2O/c1-11-9(6-12)7-4-2-3-5-8(7)10-11/h6H,2-5H2,1H3. The second kappa shape index (κ2) is 2.73. The Kier molecular flexibility index (Phi) is 1.71. The van der Waals surface area contributed by atoms with Crippen molar-refractivity contribution in [3.8, 4) is 0 Å². The lowest BCUT2D eigenvalue weighted by Crippen LogP contribution is -2.02. The van der Waals surface area contributed by atoms with Crippen molar-refractivity contribution >= 4 is 6.29 Å². The van der Waals surface area contributed by atoms with Crippen molar-refractivity contribution in [3.63, 3.8) is 0 Å². The van der Waals surface area contributed by atoms with Gasteiger partial charge in [-0.2, -0.15) is 5.10 Å². The number of rotatable bonds is 1. The zero-order chi connectivity index (χ0) is 8.55. The van der Waals surface area contributed by atoms with Crippen LogP contribution in [0.3, 0.4) is 0 Å². The maximum absolute atomic E-state index is 10.7. The number of hydrogen-bond donors (Lipinski definition) is 0. The number of carbonyl (C=O) groups excluding carboxylic acids is 1. The van der Waals surface area contributed by atoms with Gasteiger partial charge in [0.25, 0.3) is 0 Å². The maximum atomic E-state index is 10.7. The Balaban J connectivity index is 2.53. The quantitative estimate of drug-likeness (QED) is 0.583. The highest BCUT2D eigenvalue weighted by atomic mass is 16.1. The number of hydrogen-bond acceptors (Lipinski definition) is 2. The Morgan fingerprint density at radius 3 is 2.92 bits per heavy atom. The normalized spacial score (nSPS) is 15.8. The van der Waals surface area contributed by atoms with Crippen LogP contribution in [0.5, 0.6) is 0 Å². The zero-order valence-corrected chi connectivity index (χ0v) is 7.21. The number of aromatic nitrogens is 2. The highest BCUT2D eigenvalue weighted by Gasteiger charge is 2.17. The first-order chi connectivity index (χ1) is 5.83. The van der Waals surface area contributed by atoms with E-state index in [-0.39, 0.29) is 0 Å². The van der Waals surface area contributed by atoms with Crippen molar-refractivity contribution in [1.82, 2.24) is 9.78 Å². The molecule has 1 aliphatic rings. The minimum atomic E-state index is 0.768. The summed E-state index contributed by atoms with van der Waals surface area (Å²) < 4.78 is 1.70. The van der Waals surface area contributed by atoms with Crippen LogP contribution in [0, 0.1) is 0 Å². The van der Waals surface area contributed by atoms with Gasteiger partial charge in [-0.1, -0.05) is 0 Å². The summed E-state index contributed by atoms with van der Waals surface area (Å²) in [6.07, 6.45) is 5.38. The van der Waals surface area contributed by atoms with Gasteiger partial charge < -0.3 is 0 Å². The first-order valence-electron chi connectivity index (χ1n) is 4.33. The largest absolute Gasteiger partial charge is 0.296 e.